The number of amides is 1. The molecule has 2 aromatic rings. The van der Waals surface area contributed by atoms with Gasteiger partial charge in [-0.15, -0.1) is 0 Å². The van der Waals surface area contributed by atoms with Crippen LogP contribution in [0, 0.1) is 6.92 Å². The van der Waals surface area contributed by atoms with Crippen LogP contribution in [0.1, 0.15) is 22.8 Å². The Labute approximate surface area is 144 Å². The van der Waals surface area contributed by atoms with Gasteiger partial charge < -0.3 is 24.7 Å². The molecular formula is C18H16NO6-. The average molecular weight is 342 g/mol. The molecule has 130 valence electrons. The largest absolute Gasteiger partial charge is 0.545 e. The zero-order valence-electron chi connectivity index (χ0n) is 13.7. The van der Waals surface area contributed by atoms with Crippen LogP contribution >= 0.6 is 0 Å². The molecule has 1 N–H and O–H groups in total. The van der Waals surface area contributed by atoms with Gasteiger partial charge in [-0.3, -0.25) is 9.59 Å². The van der Waals surface area contributed by atoms with Gasteiger partial charge in [-0.25, -0.2) is 0 Å². The summed E-state index contributed by atoms with van der Waals surface area (Å²) in [5.41, 5.74) is 0.703. The molecule has 0 unspecified atom stereocenters. The minimum absolute atomic E-state index is 0.0220. The van der Waals surface area contributed by atoms with E-state index in [1.807, 2.05) is 13.0 Å². The zero-order chi connectivity index (χ0) is 18.4. The fraction of sp³-hybridized carbons (Fsp3) is 0.167. The summed E-state index contributed by atoms with van der Waals surface area (Å²) in [7, 11) is 0. The van der Waals surface area contributed by atoms with Crippen LogP contribution in [-0.4, -0.2) is 24.5 Å². The number of carboxylic acid groups (broad SMARTS) is 1. The maximum Gasteiger partial charge on any atom is 0.308 e. The summed E-state index contributed by atoms with van der Waals surface area (Å²) in [4.78, 5) is 34.1. The molecule has 2 aromatic carbocycles. The Morgan fingerprint density at radius 2 is 1.84 bits per heavy atom. The molecule has 0 aliphatic rings. The Morgan fingerprint density at radius 3 is 2.48 bits per heavy atom. The third-order valence-electron chi connectivity index (χ3n) is 3.11. The maximum atomic E-state index is 12.0. The smallest absolute Gasteiger partial charge is 0.308 e. The van der Waals surface area contributed by atoms with Crippen LogP contribution in [-0.2, 0) is 9.59 Å². The van der Waals surface area contributed by atoms with Crippen molar-refractivity contribution in [2.45, 2.75) is 13.8 Å². The average Bonchev–Trinajstić information content (AvgIpc) is 2.54. The van der Waals surface area contributed by atoms with Gasteiger partial charge in [0.2, 0.25) is 0 Å². The molecule has 0 saturated heterocycles. The van der Waals surface area contributed by atoms with E-state index >= 15 is 0 Å². The number of esters is 1. The summed E-state index contributed by atoms with van der Waals surface area (Å²) >= 11 is 0. The quantitative estimate of drug-likeness (QED) is 0.627. The number of carbonyl (C=O) groups excluding carboxylic acids is 3. The van der Waals surface area contributed by atoms with Gasteiger partial charge in [0.1, 0.15) is 11.5 Å². The predicted octanol–water partition coefficient (Wildman–Crippen LogP) is 1.30. The fourth-order valence-corrected chi connectivity index (χ4v) is 2.07. The summed E-state index contributed by atoms with van der Waals surface area (Å²) in [5, 5.41) is 13.7. The highest BCUT2D eigenvalue weighted by Crippen LogP contribution is 2.22. The van der Waals surface area contributed by atoms with Crippen molar-refractivity contribution in [2.24, 2.45) is 0 Å². The lowest BCUT2D eigenvalue weighted by Gasteiger charge is -2.14. The highest BCUT2D eigenvalue weighted by molar-refractivity contribution is 6.00. The molecule has 25 heavy (non-hydrogen) atoms. The van der Waals surface area contributed by atoms with Crippen LogP contribution in [0.25, 0.3) is 0 Å². The molecule has 1 amide bonds. The molecule has 0 spiro atoms. The molecule has 7 nitrogen and oxygen atoms in total. The third kappa shape index (κ3) is 5.35. The van der Waals surface area contributed by atoms with Gasteiger partial charge in [-0.05, 0) is 42.8 Å². The monoisotopic (exact) mass is 342 g/mol. The number of ether oxygens (including phenoxy) is 2. The number of anilines is 1. The highest BCUT2D eigenvalue weighted by atomic mass is 16.5. The van der Waals surface area contributed by atoms with E-state index in [0.29, 0.717) is 5.75 Å². The standard InChI is InChI=1S/C18H17NO6/c1-11-4-3-5-13(8-11)24-10-17(21)19-16-7-6-14(25-12(2)20)9-15(16)18(22)23/h3-9H,10H2,1-2H3,(H,19,21)(H,22,23)/p-1. The molecule has 0 fully saturated rings. The Morgan fingerprint density at radius 1 is 1.08 bits per heavy atom. The molecule has 0 aliphatic heterocycles. The van der Waals surface area contributed by atoms with Crippen LogP contribution in [0.2, 0.25) is 0 Å². The van der Waals surface area contributed by atoms with Crippen LogP contribution in [0.5, 0.6) is 11.5 Å². The number of hydrogen-bond acceptors (Lipinski definition) is 6. The summed E-state index contributed by atoms with van der Waals surface area (Å²) in [5.74, 6) is -2.07. The van der Waals surface area contributed by atoms with Crippen LogP contribution in [0.4, 0.5) is 5.69 Å². The van der Waals surface area contributed by atoms with Crippen LogP contribution < -0.4 is 19.9 Å². The van der Waals surface area contributed by atoms with Gasteiger partial charge in [-0.2, -0.15) is 0 Å². The number of nitrogens with one attached hydrogen (secondary N) is 1. The molecule has 0 atom stereocenters. The van der Waals surface area contributed by atoms with Crippen molar-refractivity contribution in [2.75, 3.05) is 11.9 Å². The van der Waals surface area contributed by atoms with E-state index in [2.05, 4.69) is 5.32 Å². The minimum Gasteiger partial charge on any atom is -0.545 e. The summed E-state index contributed by atoms with van der Waals surface area (Å²) in [6, 6.07) is 11.0. The van der Waals surface area contributed by atoms with Crippen molar-refractivity contribution >= 4 is 23.5 Å². The lowest BCUT2D eigenvalue weighted by atomic mass is 10.1. The molecular weight excluding hydrogens is 326 g/mol. The molecule has 0 heterocycles. The molecule has 0 aliphatic carbocycles. The molecule has 0 aromatic heterocycles. The van der Waals surface area contributed by atoms with E-state index in [9.17, 15) is 19.5 Å². The van der Waals surface area contributed by atoms with Gasteiger partial charge in [-0.1, -0.05) is 12.1 Å². The number of carboxylic acids is 1. The highest BCUT2D eigenvalue weighted by Gasteiger charge is 2.11. The van der Waals surface area contributed by atoms with Gasteiger partial charge in [0.15, 0.2) is 6.61 Å². The van der Waals surface area contributed by atoms with E-state index in [4.69, 9.17) is 9.47 Å². The number of hydrogen-bond donors (Lipinski definition) is 1. The van der Waals surface area contributed by atoms with E-state index in [1.165, 1.54) is 19.1 Å². The Balaban J connectivity index is 2.06. The van der Waals surface area contributed by atoms with Crippen molar-refractivity contribution in [3.05, 3.63) is 53.6 Å². The molecule has 0 saturated carbocycles. The normalized spacial score (nSPS) is 10.0. The first kappa shape index (κ1) is 18.0. The molecule has 2 rings (SSSR count). The van der Waals surface area contributed by atoms with E-state index in [1.54, 1.807) is 18.2 Å². The first-order valence-corrected chi connectivity index (χ1v) is 7.38. The Hall–Kier alpha value is -3.35. The summed E-state index contributed by atoms with van der Waals surface area (Å²) in [6.07, 6.45) is 0. The van der Waals surface area contributed by atoms with Crippen molar-refractivity contribution in [1.82, 2.24) is 0 Å². The number of aromatic carboxylic acids is 1. The Bertz CT molecular complexity index is 815. The molecule has 0 bridgehead atoms. The number of carbonyl (C=O) groups is 3. The summed E-state index contributed by atoms with van der Waals surface area (Å²) < 4.78 is 10.2. The fourth-order valence-electron chi connectivity index (χ4n) is 2.07. The van der Waals surface area contributed by atoms with Crippen LogP contribution in [0.15, 0.2) is 42.5 Å². The minimum atomic E-state index is -1.51. The van der Waals surface area contributed by atoms with Crippen molar-refractivity contribution in [1.29, 1.82) is 0 Å². The van der Waals surface area contributed by atoms with E-state index in [-0.39, 0.29) is 23.6 Å². The van der Waals surface area contributed by atoms with Gasteiger partial charge in [0.25, 0.3) is 5.91 Å². The number of benzene rings is 2. The van der Waals surface area contributed by atoms with Crippen molar-refractivity contribution < 1.29 is 29.0 Å². The second-order valence-electron chi connectivity index (χ2n) is 5.24. The van der Waals surface area contributed by atoms with Gasteiger partial charge in [0, 0.05) is 12.5 Å². The SMILES string of the molecule is CC(=O)Oc1ccc(NC(=O)COc2cccc(C)c2)c(C(=O)[O-])c1. The van der Waals surface area contributed by atoms with E-state index < -0.39 is 17.8 Å². The van der Waals surface area contributed by atoms with Crippen molar-refractivity contribution in [3.8, 4) is 11.5 Å². The second kappa shape index (κ2) is 7.96. The summed E-state index contributed by atoms with van der Waals surface area (Å²) in [6.45, 7) is 2.79. The molecule has 7 heteroatoms. The van der Waals surface area contributed by atoms with E-state index in [0.717, 1.165) is 11.6 Å². The van der Waals surface area contributed by atoms with Gasteiger partial charge >= 0.3 is 5.97 Å². The number of rotatable bonds is 6. The van der Waals surface area contributed by atoms with Crippen molar-refractivity contribution in [3.63, 3.8) is 0 Å². The lowest BCUT2D eigenvalue weighted by Crippen LogP contribution is -2.26. The lowest BCUT2D eigenvalue weighted by molar-refractivity contribution is -0.254. The maximum absolute atomic E-state index is 12.0. The second-order valence-corrected chi connectivity index (χ2v) is 5.24. The van der Waals surface area contributed by atoms with Gasteiger partial charge in [0.05, 0.1) is 11.7 Å². The molecule has 0 radical (unpaired) electrons. The predicted molar refractivity (Wildman–Crippen MR) is 87.4 cm³/mol. The zero-order valence-corrected chi connectivity index (χ0v) is 13.7. The number of aryl methyl sites for hydroxylation is 1. The first-order chi connectivity index (χ1) is 11.8. The third-order valence-corrected chi connectivity index (χ3v) is 3.11. The topological polar surface area (TPSA) is 105 Å². The Kier molecular flexibility index (Phi) is 5.73. The van der Waals surface area contributed by atoms with Crippen LogP contribution in [0.3, 0.4) is 0 Å². The first-order valence-electron chi connectivity index (χ1n) is 7.38.